The number of likely N-dealkylation sites (tertiary alicyclic amines) is 1. The third-order valence-corrected chi connectivity index (χ3v) is 2.66. The molecule has 0 spiro atoms. The molecule has 1 N–H and O–H groups in total. The van der Waals surface area contributed by atoms with Crippen LogP contribution in [0.5, 0.6) is 0 Å². The van der Waals surface area contributed by atoms with Crippen LogP contribution in [0.15, 0.2) is 0 Å². The Labute approximate surface area is 62.8 Å². The maximum atomic E-state index is 8.69. The van der Waals surface area contributed by atoms with Crippen LogP contribution in [0.1, 0.15) is 20.3 Å². The molecule has 0 radical (unpaired) electrons. The zero-order valence-corrected chi connectivity index (χ0v) is 6.88. The predicted octanol–water partition coefficient (Wildman–Crippen LogP) is 0.709. The fraction of sp³-hybridized carbons (Fsp3) is 1.00. The van der Waals surface area contributed by atoms with Crippen molar-refractivity contribution in [1.82, 2.24) is 4.90 Å². The highest BCUT2D eigenvalue weighted by atomic mass is 16.3. The quantitative estimate of drug-likeness (QED) is 0.615. The lowest BCUT2D eigenvalue weighted by Gasteiger charge is -2.21. The summed E-state index contributed by atoms with van der Waals surface area (Å²) < 4.78 is 0. The Bertz CT molecular complexity index is 103. The zero-order chi connectivity index (χ0) is 7.56. The van der Waals surface area contributed by atoms with Crippen LogP contribution < -0.4 is 0 Å². The third-order valence-electron chi connectivity index (χ3n) is 2.66. The molecule has 0 aliphatic carbocycles. The molecular weight excluding hydrogens is 126 g/mol. The molecule has 1 aliphatic heterocycles. The van der Waals surface area contributed by atoms with E-state index in [1.54, 1.807) is 0 Å². The molecule has 1 rings (SSSR count). The van der Waals surface area contributed by atoms with Crippen molar-refractivity contribution in [3.8, 4) is 0 Å². The smallest absolute Gasteiger partial charge is 0.0558 e. The van der Waals surface area contributed by atoms with Crippen molar-refractivity contribution in [2.75, 3.05) is 19.7 Å². The van der Waals surface area contributed by atoms with Crippen molar-refractivity contribution in [1.29, 1.82) is 0 Å². The van der Waals surface area contributed by atoms with Crippen LogP contribution >= 0.6 is 0 Å². The molecule has 0 amide bonds. The molecule has 1 fully saturated rings. The fourth-order valence-electron chi connectivity index (χ4n) is 1.62. The minimum absolute atomic E-state index is 0.303. The standard InChI is InChI=1S/C8H17NO/c1-7-3-4-9(5-6-10)8(7)2/h7-8,10H,3-6H2,1-2H3/t7-,8-/m0/s1. The second-order valence-electron chi connectivity index (χ2n) is 3.27. The van der Waals surface area contributed by atoms with Crippen LogP contribution in [0.4, 0.5) is 0 Å². The van der Waals surface area contributed by atoms with Gasteiger partial charge in [-0.2, -0.15) is 0 Å². The van der Waals surface area contributed by atoms with Gasteiger partial charge in [-0.25, -0.2) is 0 Å². The maximum Gasteiger partial charge on any atom is 0.0558 e. The molecule has 1 heterocycles. The zero-order valence-electron chi connectivity index (χ0n) is 6.88. The summed E-state index contributed by atoms with van der Waals surface area (Å²) in [5, 5.41) is 8.69. The summed E-state index contributed by atoms with van der Waals surface area (Å²) in [4.78, 5) is 2.35. The predicted molar refractivity (Wildman–Crippen MR) is 41.9 cm³/mol. The highest BCUT2D eigenvalue weighted by Gasteiger charge is 2.25. The van der Waals surface area contributed by atoms with Crippen molar-refractivity contribution < 1.29 is 5.11 Å². The van der Waals surface area contributed by atoms with E-state index in [1.165, 1.54) is 13.0 Å². The van der Waals surface area contributed by atoms with Gasteiger partial charge in [-0.15, -0.1) is 0 Å². The summed E-state index contributed by atoms with van der Waals surface area (Å²) in [6, 6.07) is 0.673. The first kappa shape index (κ1) is 8.02. The van der Waals surface area contributed by atoms with E-state index in [1.807, 2.05) is 0 Å². The first-order valence-electron chi connectivity index (χ1n) is 4.10. The van der Waals surface area contributed by atoms with Crippen molar-refractivity contribution in [2.45, 2.75) is 26.3 Å². The third kappa shape index (κ3) is 1.50. The Balaban J connectivity index is 2.33. The van der Waals surface area contributed by atoms with Gasteiger partial charge < -0.3 is 5.11 Å². The van der Waals surface area contributed by atoms with E-state index in [2.05, 4.69) is 18.7 Å². The number of nitrogens with zero attached hydrogens (tertiary/aromatic N) is 1. The Morgan fingerprint density at radius 3 is 2.60 bits per heavy atom. The van der Waals surface area contributed by atoms with Crippen molar-refractivity contribution in [3.05, 3.63) is 0 Å². The lowest BCUT2D eigenvalue weighted by atomic mass is 10.1. The van der Waals surface area contributed by atoms with E-state index in [0.29, 0.717) is 12.6 Å². The van der Waals surface area contributed by atoms with Gasteiger partial charge >= 0.3 is 0 Å². The van der Waals surface area contributed by atoms with Gasteiger partial charge in [-0.05, 0) is 25.8 Å². The van der Waals surface area contributed by atoms with Crippen LogP contribution in [-0.2, 0) is 0 Å². The molecule has 0 saturated carbocycles. The Kier molecular flexibility index (Phi) is 2.69. The SMILES string of the molecule is C[C@H]1CCN(CCO)[C@H]1C. The van der Waals surface area contributed by atoms with Crippen LogP contribution in [0.2, 0.25) is 0 Å². The normalized spacial score (nSPS) is 35.1. The number of aliphatic hydroxyl groups is 1. The summed E-state index contributed by atoms with van der Waals surface area (Å²) >= 11 is 0. The van der Waals surface area contributed by atoms with Gasteiger partial charge in [0.1, 0.15) is 0 Å². The molecule has 1 aliphatic rings. The highest BCUT2D eigenvalue weighted by Crippen LogP contribution is 2.22. The average Bonchev–Trinajstić information content (AvgIpc) is 2.20. The van der Waals surface area contributed by atoms with Gasteiger partial charge in [0.2, 0.25) is 0 Å². The van der Waals surface area contributed by atoms with E-state index >= 15 is 0 Å². The van der Waals surface area contributed by atoms with Gasteiger partial charge in [0.25, 0.3) is 0 Å². The van der Waals surface area contributed by atoms with Crippen LogP contribution in [0.3, 0.4) is 0 Å². The summed E-state index contributed by atoms with van der Waals surface area (Å²) in [7, 11) is 0. The summed E-state index contributed by atoms with van der Waals surface area (Å²) in [5.41, 5.74) is 0. The Morgan fingerprint density at radius 1 is 1.50 bits per heavy atom. The van der Waals surface area contributed by atoms with E-state index in [9.17, 15) is 0 Å². The summed E-state index contributed by atoms with van der Waals surface area (Å²) in [6.45, 7) is 6.85. The lowest BCUT2D eigenvalue weighted by Crippen LogP contribution is -2.31. The molecule has 0 unspecified atom stereocenters. The Morgan fingerprint density at radius 2 is 2.20 bits per heavy atom. The van der Waals surface area contributed by atoms with Crippen molar-refractivity contribution >= 4 is 0 Å². The number of aliphatic hydroxyl groups excluding tert-OH is 1. The van der Waals surface area contributed by atoms with Crippen molar-refractivity contribution in [2.24, 2.45) is 5.92 Å². The lowest BCUT2D eigenvalue weighted by molar-refractivity contribution is 0.182. The van der Waals surface area contributed by atoms with Gasteiger partial charge in [0, 0.05) is 12.6 Å². The molecule has 2 heteroatoms. The number of hydrogen-bond donors (Lipinski definition) is 1. The number of hydrogen-bond acceptors (Lipinski definition) is 2. The molecule has 0 aromatic heterocycles. The fourth-order valence-corrected chi connectivity index (χ4v) is 1.62. The largest absolute Gasteiger partial charge is 0.395 e. The van der Waals surface area contributed by atoms with E-state index < -0.39 is 0 Å². The molecule has 1 saturated heterocycles. The van der Waals surface area contributed by atoms with E-state index in [4.69, 9.17) is 5.11 Å². The number of β-amino-alcohol motifs (C(OH)–C–C–N with tert-alkyl or cyclic N) is 1. The molecule has 0 aromatic carbocycles. The number of rotatable bonds is 2. The molecular formula is C8H17NO. The van der Waals surface area contributed by atoms with E-state index in [-0.39, 0.29) is 0 Å². The highest BCUT2D eigenvalue weighted by molar-refractivity contribution is 4.80. The molecule has 0 aromatic rings. The second-order valence-corrected chi connectivity index (χ2v) is 3.27. The minimum atomic E-state index is 0.303. The first-order chi connectivity index (χ1) is 4.75. The second kappa shape index (κ2) is 3.35. The van der Waals surface area contributed by atoms with Gasteiger partial charge in [-0.1, -0.05) is 6.92 Å². The molecule has 0 bridgehead atoms. The van der Waals surface area contributed by atoms with E-state index in [0.717, 1.165) is 12.5 Å². The molecule has 2 atom stereocenters. The van der Waals surface area contributed by atoms with Crippen LogP contribution in [-0.4, -0.2) is 35.7 Å². The minimum Gasteiger partial charge on any atom is -0.395 e. The van der Waals surface area contributed by atoms with Crippen molar-refractivity contribution in [3.63, 3.8) is 0 Å². The van der Waals surface area contributed by atoms with Gasteiger partial charge in [-0.3, -0.25) is 4.90 Å². The molecule has 60 valence electrons. The summed E-state index contributed by atoms with van der Waals surface area (Å²) in [6.07, 6.45) is 1.29. The molecule has 10 heavy (non-hydrogen) atoms. The Hall–Kier alpha value is -0.0800. The molecule has 2 nitrogen and oxygen atoms in total. The van der Waals surface area contributed by atoms with Gasteiger partial charge in [0.15, 0.2) is 0 Å². The first-order valence-corrected chi connectivity index (χ1v) is 4.10. The topological polar surface area (TPSA) is 23.5 Å². The monoisotopic (exact) mass is 143 g/mol. The average molecular weight is 143 g/mol. The summed E-state index contributed by atoms with van der Waals surface area (Å²) in [5.74, 6) is 0.812. The van der Waals surface area contributed by atoms with Crippen LogP contribution in [0, 0.1) is 5.92 Å². The maximum absolute atomic E-state index is 8.69. The van der Waals surface area contributed by atoms with Gasteiger partial charge in [0.05, 0.1) is 6.61 Å². The van der Waals surface area contributed by atoms with Crippen LogP contribution in [0.25, 0.3) is 0 Å².